The van der Waals surface area contributed by atoms with E-state index in [1.165, 1.54) is 232 Å². The summed E-state index contributed by atoms with van der Waals surface area (Å²) in [7, 11) is 0. The molecule has 0 saturated heterocycles. The summed E-state index contributed by atoms with van der Waals surface area (Å²) in [5.74, 6) is 0.541. The quantitative estimate of drug-likeness (QED) is 0.0363. The monoisotopic (exact) mass is 1430 g/mol. The fourth-order valence-electron chi connectivity index (χ4n) is 15.3. The topological polar surface area (TPSA) is 66.4 Å². The van der Waals surface area contributed by atoms with Crippen molar-refractivity contribution in [3.63, 3.8) is 0 Å². The molecular formula is C85H128N4O2S6. The number of thiophene rings is 3. The second-order valence-corrected chi connectivity index (χ2v) is 38.2. The summed E-state index contributed by atoms with van der Waals surface area (Å²) in [5, 5.41) is 1.54. The molecule has 0 N–H and O–H groups in total. The normalized spacial score (nSPS) is 15.6. The van der Waals surface area contributed by atoms with Crippen LogP contribution in [0.5, 0.6) is 0 Å². The zero-order valence-electron chi connectivity index (χ0n) is 62.8. The van der Waals surface area contributed by atoms with E-state index >= 15 is 9.59 Å². The molecule has 536 valence electrons. The van der Waals surface area contributed by atoms with Gasteiger partial charge in [-0.05, 0) is 97.2 Å². The highest BCUT2D eigenvalue weighted by molar-refractivity contribution is 8.09. The lowest BCUT2D eigenvalue weighted by Gasteiger charge is -2.33. The van der Waals surface area contributed by atoms with Gasteiger partial charge in [0.1, 0.15) is 10.0 Å². The molecule has 2 atom stereocenters. The van der Waals surface area contributed by atoms with Crippen LogP contribution in [0.1, 0.15) is 352 Å². The Bertz CT molecular complexity index is 3310. The van der Waals surface area contributed by atoms with Gasteiger partial charge in [0.25, 0.3) is 11.8 Å². The van der Waals surface area contributed by atoms with Crippen molar-refractivity contribution in [2.45, 2.75) is 343 Å². The lowest BCUT2D eigenvalue weighted by atomic mass is 9.70. The Balaban J connectivity index is 1.23. The SMILES string of the molecule is C=CC1=C(SC(C)(C)C)c2sc(-c3ccc(-c4cnc(C5=C6C(=O)N(CC(CCCCCC)CCCCCCCC)C(c7ncc(-c8ccc(C(C)(C)C)s8)s7)=C6C(=O)N5CC(CCCCCC)CCCCCCCC)s4)s3)cc2C1(CCCCCCCC)CCCCCCCC. The third kappa shape index (κ3) is 21.6. The molecule has 97 heavy (non-hydrogen) atoms. The van der Waals surface area contributed by atoms with Gasteiger partial charge in [-0.3, -0.25) is 9.59 Å². The molecule has 2 amide bonds. The van der Waals surface area contributed by atoms with Crippen LogP contribution in [0.4, 0.5) is 0 Å². The number of fused-ring (bicyclic) bond motifs is 2. The predicted octanol–water partition coefficient (Wildman–Crippen LogP) is 28.7. The summed E-state index contributed by atoms with van der Waals surface area (Å²) in [6.07, 6.45) is 53.0. The number of amides is 2. The summed E-state index contributed by atoms with van der Waals surface area (Å²) >= 11 is 11.1. The molecule has 6 nitrogen and oxygen atoms in total. The van der Waals surface area contributed by atoms with E-state index in [0.717, 1.165) is 82.5 Å². The van der Waals surface area contributed by atoms with Crippen molar-refractivity contribution < 1.29 is 9.59 Å². The Morgan fingerprint density at radius 1 is 0.464 bits per heavy atom. The van der Waals surface area contributed by atoms with Gasteiger partial charge in [-0.25, -0.2) is 9.97 Å². The van der Waals surface area contributed by atoms with Crippen molar-refractivity contribution in [1.82, 2.24) is 19.8 Å². The van der Waals surface area contributed by atoms with E-state index in [0.29, 0.717) is 36.1 Å². The van der Waals surface area contributed by atoms with Gasteiger partial charge in [-0.2, -0.15) is 0 Å². The first-order chi connectivity index (χ1) is 46.9. The summed E-state index contributed by atoms with van der Waals surface area (Å²) in [6.45, 7) is 33.6. The molecule has 0 fully saturated rings. The number of nitrogens with zero attached hydrogens (tertiary/aromatic N) is 4. The molecule has 3 aliphatic rings. The predicted molar refractivity (Wildman–Crippen MR) is 433 cm³/mol. The van der Waals surface area contributed by atoms with Gasteiger partial charge >= 0.3 is 0 Å². The summed E-state index contributed by atoms with van der Waals surface area (Å²) in [6, 6.07) is 11.8. The minimum atomic E-state index is -0.0433. The Morgan fingerprint density at radius 2 is 0.835 bits per heavy atom. The smallest absolute Gasteiger partial charge is 0.261 e. The van der Waals surface area contributed by atoms with Gasteiger partial charge in [-0.15, -0.1) is 68.4 Å². The maximum absolute atomic E-state index is 16.3. The van der Waals surface area contributed by atoms with Crippen LogP contribution in [0.15, 0.2) is 72.1 Å². The third-order valence-electron chi connectivity index (χ3n) is 20.8. The molecule has 0 saturated carbocycles. The van der Waals surface area contributed by atoms with Crippen LogP contribution in [0.2, 0.25) is 0 Å². The van der Waals surface area contributed by atoms with Crippen LogP contribution in [-0.2, 0) is 20.4 Å². The van der Waals surface area contributed by atoms with Crippen molar-refractivity contribution in [3.8, 4) is 29.3 Å². The van der Waals surface area contributed by atoms with E-state index in [1.54, 1.807) is 28.2 Å². The van der Waals surface area contributed by atoms with E-state index in [1.807, 2.05) is 40.2 Å². The second-order valence-electron chi connectivity index (χ2n) is 31.1. The van der Waals surface area contributed by atoms with Gasteiger partial charge < -0.3 is 9.80 Å². The Labute approximate surface area is 615 Å². The minimum absolute atomic E-state index is 0.0266. The van der Waals surface area contributed by atoms with Crippen LogP contribution >= 0.6 is 68.4 Å². The summed E-state index contributed by atoms with van der Waals surface area (Å²) < 4.78 is 0.0506. The van der Waals surface area contributed by atoms with Crippen molar-refractivity contribution >= 4 is 96.6 Å². The fourth-order valence-corrected chi connectivity index (χ4v) is 22.2. The third-order valence-corrected chi connectivity index (χ3v) is 28.5. The van der Waals surface area contributed by atoms with E-state index in [-0.39, 0.29) is 27.4 Å². The lowest BCUT2D eigenvalue weighted by molar-refractivity contribution is -0.124. The zero-order valence-corrected chi connectivity index (χ0v) is 67.7. The highest BCUT2D eigenvalue weighted by Gasteiger charge is 2.51. The Morgan fingerprint density at radius 3 is 1.23 bits per heavy atom. The standard InChI is InChI=1S/C85H128N4O2S6/c1-14-21-27-33-37-43-49-62(47-41-31-25-18-5)60-88-75(73-74(82(88)91)76(80-87-59-71(96-80)68-53-54-72(93-68)83(8,9)10)89(81(73)90)61-63(48-42-32-26-19-6)50-44-38-34-28-22-15-2)79-86-58-70(95-79)67-52-51-66(92-67)69-57-65-77(94-69)78(97-84(11,12)13)64(20-7)85(65,55-45-39-35-29-23-16-3)56-46-40-36-30-24-17-4/h20,51-54,57-59,62-63H,7,14-19,21-50,55-56,60-61H2,1-6,8-13H3. The molecule has 7 heterocycles. The molecule has 5 aromatic rings. The van der Waals surface area contributed by atoms with E-state index in [2.05, 4.69) is 154 Å². The molecule has 8 rings (SSSR count). The average molecular weight is 1430 g/mol. The van der Waals surface area contributed by atoms with Crippen LogP contribution in [0.25, 0.3) is 45.6 Å². The number of aromatic nitrogens is 2. The number of thiazole rings is 2. The molecule has 2 unspecified atom stereocenters. The van der Waals surface area contributed by atoms with Crippen LogP contribution in [0, 0.1) is 11.8 Å². The molecule has 0 radical (unpaired) electrons. The maximum atomic E-state index is 16.3. The number of carbonyl (C=O) groups excluding carboxylic acids is 2. The highest BCUT2D eigenvalue weighted by Crippen LogP contribution is 2.62. The van der Waals surface area contributed by atoms with Gasteiger partial charge in [0.05, 0.1) is 32.3 Å². The van der Waals surface area contributed by atoms with Crippen LogP contribution in [-0.4, -0.2) is 49.4 Å². The number of thioether (sulfide) groups is 1. The van der Waals surface area contributed by atoms with Crippen molar-refractivity contribution in [3.05, 3.63) is 97.4 Å². The highest BCUT2D eigenvalue weighted by atomic mass is 32.2. The van der Waals surface area contributed by atoms with Crippen LogP contribution in [0.3, 0.4) is 0 Å². The first kappa shape index (κ1) is 79.3. The second kappa shape index (κ2) is 39.9. The molecule has 0 spiro atoms. The number of allylic oxidation sites excluding steroid dienone is 2. The number of carbonyl (C=O) groups is 2. The molecular weight excluding hydrogens is 1300 g/mol. The van der Waals surface area contributed by atoms with Crippen LogP contribution < -0.4 is 0 Å². The zero-order chi connectivity index (χ0) is 69.4. The lowest BCUT2D eigenvalue weighted by Crippen LogP contribution is -2.35. The van der Waals surface area contributed by atoms with Crippen molar-refractivity contribution in [1.29, 1.82) is 0 Å². The molecule has 5 aromatic heterocycles. The van der Waals surface area contributed by atoms with Gasteiger partial charge in [0.2, 0.25) is 0 Å². The minimum Gasteiger partial charge on any atom is -0.304 e. The van der Waals surface area contributed by atoms with E-state index in [9.17, 15) is 0 Å². The molecule has 2 aliphatic heterocycles. The average Bonchev–Trinajstić information content (AvgIpc) is 1.56. The van der Waals surface area contributed by atoms with E-state index in [4.69, 9.17) is 9.97 Å². The van der Waals surface area contributed by atoms with Gasteiger partial charge in [0, 0.05) is 69.8 Å². The molecule has 0 bridgehead atoms. The van der Waals surface area contributed by atoms with Gasteiger partial charge in [0.15, 0.2) is 0 Å². The molecule has 12 heteroatoms. The first-order valence-electron chi connectivity index (χ1n) is 39.4. The molecule has 0 aromatic carbocycles. The number of rotatable bonds is 49. The Hall–Kier alpha value is -3.39. The number of hydrogen-bond acceptors (Lipinski definition) is 10. The summed E-state index contributed by atoms with van der Waals surface area (Å²) in [4.78, 5) is 58.9. The maximum Gasteiger partial charge on any atom is 0.261 e. The molecule has 1 aliphatic carbocycles. The largest absolute Gasteiger partial charge is 0.304 e. The number of hydrogen-bond donors (Lipinski definition) is 0. The van der Waals surface area contributed by atoms with Crippen molar-refractivity contribution in [2.75, 3.05) is 13.1 Å². The van der Waals surface area contributed by atoms with E-state index < -0.39 is 0 Å². The fraction of sp³-hybridized carbons (Fsp3) is 0.671. The van der Waals surface area contributed by atoms with Gasteiger partial charge in [-0.1, -0.05) is 301 Å². The Kier molecular flexibility index (Phi) is 32.6. The first-order valence-corrected chi connectivity index (χ1v) is 44.3. The van der Waals surface area contributed by atoms with Crippen molar-refractivity contribution in [2.24, 2.45) is 11.8 Å². The summed E-state index contributed by atoms with van der Waals surface area (Å²) in [5.41, 5.74) is 5.60. The number of unbranched alkanes of at least 4 members (excludes halogenated alkanes) is 26.